The Hall–Kier alpha value is -2.21. The first kappa shape index (κ1) is 19.1. The van der Waals surface area contributed by atoms with Crippen LogP contribution in [0.4, 0.5) is 0 Å². The molecule has 0 aliphatic rings. The Bertz CT molecular complexity index is 655. The number of ether oxygens (including phenoxy) is 1. The molecule has 5 heteroatoms. The molecule has 2 aromatic carbocycles. The van der Waals surface area contributed by atoms with Gasteiger partial charge >= 0.3 is 0 Å². The lowest BCUT2D eigenvalue weighted by atomic mass is 10.0. The van der Waals surface area contributed by atoms with Gasteiger partial charge in [-0.05, 0) is 25.1 Å². The van der Waals surface area contributed by atoms with E-state index in [0.29, 0.717) is 0 Å². The van der Waals surface area contributed by atoms with Gasteiger partial charge in [-0.3, -0.25) is 9.69 Å². The van der Waals surface area contributed by atoms with Crippen molar-refractivity contribution in [2.24, 2.45) is 0 Å². The van der Waals surface area contributed by atoms with Gasteiger partial charge in [0.15, 0.2) is 6.29 Å². The summed E-state index contributed by atoms with van der Waals surface area (Å²) in [5, 5.41) is 13.4. The SMILES string of the molecule is CNC(=O)CN(C)C(c1ccccc1)C(O)O[C@@H](C)c1ccccc1.[HH]. The molecule has 0 bridgehead atoms. The molecule has 1 amide bonds. The smallest absolute Gasteiger partial charge is 0.233 e. The fraction of sp³-hybridized carbons (Fsp3) is 0.350. The highest BCUT2D eigenvalue weighted by molar-refractivity contribution is 5.77. The molecule has 2 N–H and O–H groups in total. The van der Waals surface area contributed by atoms with Gasteiger partial charge in [-0.1, -0.05) is 60.7 Å². The fourth-order valence-electron chi connectivity index (χ4n) is 2.78. The van der Waals surface area contributed by atoms with E-state index in [1.54, 1.807) is 19.0 Å². The summed E-state index contributed by atoms with van der Waals surface area (Å²) < 4.78 is 5.87. The van der Waals surface area contributed by atoms with E-state index >= 15 is 0 Å². The van der Waals surface area contributed by atoms with Crippen LogP contribution in [0.1, 0.15) is 31.6 Å². The zero-order chi connectivity index (χ0) is 18.2. The van der Waals surface area contributed by atoms with Crippen molar-refractivity contribution in [2.75, 3.05) is 20.6 Å². The topological polar surface area (TPSA) is 61.8 Å². The van der Waals surface area contributed by atoms with E-state index in [0.717, 1.165) is 11.1 Å². The molecular weight excluding hydrogens is 316 g/mol. The number of nitrogens with zero attached hydrogens (tertiary/aromatic N) is 1. The van der Waals surface area contributed by atoms with Crippen LogP contribution in [0.25, 0.3) is 0 Å². The molecule has 0 spiro atoms. The molecule has 0 aliphatic heterocycles. The molecule has 25 heavy (non-hydrogen) atoms. The van der Waals surface area contributed by atoms with Crippen molar-refractivity contribution in [2.45, 2.75) is 25.4 Å². The number of aliphatic hydroxyl groups is 1. The molecule has 0 saturated carbocycles. The number of likely N-dealkylation sites (N-methyl/N-ethyl adjacent to an activating group) is 2. The number of nitrogens with one attached hydrogen (secondary N) is 1. The van der Waals surface area contributed by atoms with Crippen LogP contribution in [-0.2, 0) is 9.53 Å². The van der Waals surface area contributed by atoms with E-state index in [1.807, 2.05) is 67.6 Å². The lowest BCUT2D eigenvalue weighted by molar-refractivity contribution is -0.170. The summed E-state index contributed by atoms with van der Waals surface area (Å²) in [6.07, 6.45) is -1.34. The molecule has 2 unspecified atom stereocenters. The van der Waals surface area contributed by atoms with Crippen LogP contribution in [0.15, 0.2) is 60.7 Å². The number of carbonyl (C=O) groups is 1. The molecule has 136 valence electrons. The van der Waals surface area contributed by atoms with E-state index in [1.165, 1.54) is 0 Å². The van der Waals surface area contributed by atoms with Gasteiger partial charge in [0, 0.05) is 8.47 Å². The van der Waals surface area contributed by atoms with Gasteiger partial charge in [0.1, 0.15) is 0 Å². The lowest BCUT2D eigenvalue weighted by Gasteiger charge is -2.33. The first-order valence-corrected chi connectivity index (χ1v) is 8.37. The van der Waals surface area contributed by atoms with Crippen molar-refractivity contribution in [3.05, 3.63) is 71.8 Å². The van der Waals surface area contributed by atoms with Gasteiger partial charge in [-0.2, -0.15) is 0 Å². The zero-order valence-corrected chi connectivity index (χ0v) is 14.9. The molecule has 0 aromatic heterocycles. The van der Waals surface area contributed by atoms with Crippen LogP contribution >= 0.6 is 0 Å². The van der Waals surface area contributed by atoms with Crippen LogP contribution in [0.5, 0.6) is 0 Å². The molecule has 0 saturated heterocycles. The summed E-state index contributed by atoms with van der Waals surface area (Å²) >= 11 is 0. The second kappa shape index (κ2) is 9.32. The number of hydrogen-bond acceptors (Lipinski definition) is 4. The maximum atomic E-state index is 11.7. The molecule has 5 nitrogen and oxygen atoms in total. The molecule has 2 rings (SSSR count). The summed E-state index contributed by atoms with van der Waals surface area (Å²) in [4.78, 5) is 13.5. The minimum Gasteiger partial charge on any atom is -0.366 e. The molecule has 0 aliphatic carbocycles. The van der Waals surface area contributed by atoms with Crippen molar-refractivity contribution in [3.8, 4) is 0 Å². The van der Waals surface area contributed by atoms with Crippen LogP contribution < -0.4 is 5.32 Å². The van der Waals surface area contributed by atoms with Gasteiger partial charge in [-0.15, -0.1) is 0 Å². The van der Waals surface area contributed by atoms with E-state index in [4.69, 9.17) is 4.74 Å². The minimum atomic E-state index is -1.08. The summed E-state index contributed by atoms with van der Waals surface area (Å²) in [6, 6.07) is 18.9. The number of amides is 1. The van der Waals surface area contributed by atoms with E-state index in [2.05, 4.69) is 5.32 Å². The molecule has 2 aromatic rings. The van der Waals surface area contributed by atoms with Crippen molar-refractivity contribution in [1.29, 1.82) is 0 Å². The maximum absolute atomic E-state index is 11.7. The van der Waals surface area contributed by atoms with Gasteiger partial charge < -0.3 is 15.2 Å². The Morgan fingerprint density at radius 2 is 1.64 bits per heavy atom. The summed E-state index contributed by atoms with van der Waals surface area (Å²) in [5.41, 5.74) is 1.88. The number of aliphatic hydroxyl groups excluding tert-OH is 1. The van der Waals surface area contributed by atoms with Crippen LogP contribution in [0.3, 0.4) is 0 Å². The highest BCUT2D eigenvalue weighted by Gasteiger charge is 2.28. The van der Waals surface area contributed by atoms with Gasteiger partial charge in [0.2, 0.25) is 5.91 Å². The number of rotatable bonds is 8. The summed E-state index contributed by atoms with van der Waals surface area (Å²) in [7, 11) is 3.39. The van der Waals surface area contributed by atoms with Crippen LogP contribution in [0.2, 0.25) is 0 Å². The minimum absolute atomic E-state index is 0. The predicted molar refractivity (Wildman–Crippen MR) is 99.9 cm³/mol. The molecule has 3 atom stereocenters. The Morgan fingerprint density at radius 1 is 1.12 bits per heavy atom. The normalized spacial score (nSPS) is 14.8. The molecule has 0 heterocycles. The highest BCUT2D eigenvalue weighted by Crippen LogP contribution is 2.28. The molecule has 0 radical (unpaired) electrons. The highest BCUT2D eigenvalue weighted by atomic mass is 16.6. The lowest BCUT2D eigenvalue weighted by Crippen LogP contribution is -2.41. The Balaban J connectivity index is 0.00000338. The van der Waals surface area contributed by atoms with E-state index in [9.17, 15) is 9.90 Å². The third kappa shape index (κ3) is 5.39. The average Bonchev–Trinajstić information content (AvgIpc) is 2.63. The standard InChI is InChI=1S/C20H26N2O3.H2/c1-15(16-10-6-4-7-11-16)25-20(24)19(17-12-8-5-9-13-17)22(3)14-18(23)21-2;/h4-13,15,19-20,24H,14H2,1-3H3,(H,21,23);1H/t15-,19?,20?;/m0./s1. The quantitative estimate of drug-likeness (QED) is 0.723. The van der Waals surface area contributed by atoms with Crippen molar-refractivity contribution in [1.82, 2.24) is 10.2 Å². The maximum Gasteiger partial charge on any atom is 0.233 e. The second-order valence-electron chi connectivity index (χ2n) is 6.02. The van der Waals surface area contributed by atoms with Gasteiger partial charge in [-0.25, -0.2) is 0 Å². The Morgan fingerprint density at radius 3 is 2.16 bits per heavy atom. The number of carbonyl (C=O) groups excluding carboxylic acids is 1. The number of hydrogen-bond donors (Lipinski definition) is 2. The Labute approximate surface area is 150 Å². The van der Waals surface area contributed by atoms with Crippen molar-refractivity contribution >= 4 is 5.91 Å². The zero-order valence-electron chi connectivity index (χ0n) is 14.9. The largest absolute Gasteiger partial charge is 0.366 e. The van der Waals surface area contributed by atoms with Crippen LogP contribution in [0, 0.1) is 0 Å². The summed E-state index contributed by atoms with van der Waals surface area (Å²) in [5.74, 6) is -0.119. The predicted octanol–water partition coefficient (Wildman–Crippen LogP) is 2.75. The van der Waals surface area contributed by atoms with Gasteiger partial charge in [0.25, 0.3) is 0 Å². The van der Waals surface area contributed by atoms with Crippen molar-refractivity contribution in [3.63, 3.8) is 0 Å². The molecule has 0 fully saturated rings. The first-order chi connectivity index (χ1) is 12.0. The first-order valence-electron chi connectivity index (χ1n) is 8.37. The second-order valence-corrected chi connectivity index (χ2v) is 6.02. The third-order valence-electron chi connectivity index (χ3n) is 4.17. The number of benzene rings is 2. The summed E-state index contributed by atoms with van der Waals surface area (Å²) in [6.45, 7) is 2.07. The van der Waals surface area contributed by atoms with E-state index < -0.39 is 12.3 Å². The van der Waals surface area contributed by atoms with Crippen LogP contribution in [-0.4, -0.2) is 42.8 Å². The monoisotopic (exact) mass is 344 g/mol. The third-order valence-corrected chi connectivity index (χ3v) is 4.17. The van der Waals surface area contributed by atoms with Crippen molar-refractivity contribution < 1.29 is 16.1 Å². The molecular formula is C20H28N2O3. The van der Waals surface area contributed by atoms with E-state index in [-0.39, 0.29) is 20.0 Å². The average molecular weight is 344 g/mol. The fourth-order valence-corrected chi connectivity index (χ4v) is 2.78. The Kier molecular flexibility index (Phi) is 7.13. The van der Waals surface area contributed by atoms with Gasteiger partial charge in [0.05, 0.1) is 18.7 Å².